The van der Waals surface area contributed by atoms with Crippen LogP contribution < -0.4 is 10.6 Å². The number of allylic oxidation sites excluding steroid dienone is 2. The number of carbonyl (C=O) groups is 5. The molecule has 63 heavy (non-hydrogen) atoms. The number of piperidine rings is 1. The first-order chi connectivity index (χ1) is 30.4. The van der Waals surface area contributed by atoms with E-state index in [2.05, 4.69) is 57.9 Å². The summed E-state index contributed by atoms with van der Waals surface area (Å²) in [7, 11) is 1.29. The Labute approximate surface area is 368 Å². The first-order valence-electron chi connectivity index (χ1n) is 22.4. The van der Waals surface area contributed by atoms with E-state index >= 15 is 0 Å². The molecule has 2 aromatic carbocycles. The van der Waals surface area contributed by atoms with Gasteiger partial charge in [-0.3, -0.25) is 14.4 Å². The predicted molar refractivity (Wildman–Crippen MR) is 237 cm³/mol. The fourth-order valence-electron chi connectivity index (χ4n) is 9.62. The van der Waals surface area contributed by atoms with Crippen LogP contribution in [0.2, 0.25) is 0 Å². The summed E-state index contributed by atoms with van der Waals surface area (Å²) in [6.45, 7) is 8.11. The zero-order valence-electron chi connectivity index (χ0n) is 36.7. The van der Waals surface area contributed by atoms with Crippen LogP contribution in [0.3, 0.4) is 0 Å². The molecule has 1 unspecified atom stereocenters. The Morgan fingerprint density at radius 1 is 0.794 bits per heavy atom. The maximum Gasteiger partial charge on any atom is 0.407 e. The lowest BCUT2D eigenvalue weighted by Crippen LogP contribution is -2.55. The predicted octanol–water partition coefficient (Wildman–Crippen LogP) is 7.15. The van der Waals surface area contributed by atoms with Crippen LogP contribution in [0.5, 0.6) is 0 Å². The van der Waals surface area contributed by atoms with Crippen molar-refractivity contribution in [1.82, 2.24) is 45.3 Å². The molecule has 5 atom stereocenters. The highest BCUT2D eigenvalue weighted by Gasteiger charge is 2.40. The van der Waals surface area contributed by atoms with E-state index in [4.69, 9.17) is 14.7 Å². The summed E-state index contributed by atoms with van der Waals surface area (Å²) in [6, 6.07) is 15.6. The van der Waals surface area contributed by atoms with Crippen molar-refractivity contribution in [1.29, 1.82) is 0 Å². The van der Waals surface area contributed by atoms with Gasteiger partial charge in [0.1, 0.15) is 29.5 Å². The summed E-state index contributed by atoms with van der Waals surface area (Å²) in [5.41, 5.74) is 5.95. The highest BCUT2D eigenvalue weighted by Crippen LogP contribution is 2.42. The molecule has 332 valence electrons. The second-order valence-electron chi connectivity index (χ2n) is 18.0. The Morgan fingerprint density at radius 3 is 2.02 bits per heavy atom. The standard InChI is InChI=1S/C48H59N9O6/c1-30(2)40(53-46(61)55-26-20-35(58)21-27-55)44(59)56-24-8-12-38(56)42-50-29-37(52-42)32-18-22-48(3,23-19-32)34-16-14-31(15-17-34)36-28-49-43(51-36)39-13-9-25-57(39)45(60)41(54-47(62)63-4)33-10-6-5-7-11-33/h5-7,10-11,14-18,28-30,38-41H,8-9,12-13,19-27H2,1-4H3,(H,49,51)(H,50,52)(H,53,61)(H,54,62)/t38-,39-,40-,41+,48?/m0/s1. The van der Waals surface area contributed by atoms with Crippen molar-refractivity contribution >= 4 is 35.3 Å². The van der Waals surface area contributed by atoms with E-state index in [0.29, 0.717) is 50.4 Å². The molecule has 5 heterocycles. The highest BCUT2D eigenvalue weighted by molar-refractivity contribution is 5.89. The second kappa shape index (κ2) is 18.6. The molecule has 3 fully saturated rings. The zero-order valence-corrected chi connectivity index (χ0v) is 36.7. The minimum atomic E-state index is -0.878. The van der Waals surface area contributed by atoms with Gasteiger partial charge < -0.3 is 40.0 Å². The molecule has 3 saturated heterocycles. The molecule has 0 saturated carbocycles. The summed E-state index contributed by atoms with van der Waals surface area (Å²) in [5, 5.41) is 5.71. The average molecular weight is 858 g/mol. The Kier molecular flexibility index (Phi) is 12.8. The first-order valence-corrected chi connectivity index (χ1v) is 22.4. The zero-order chi connectivity index (χ0) is 44.3. The molecule has 15 nitrogen and oxygen atoms in total. The van der Waals surface area contributed by atoms with Crippen molar-refractivity contribution in [3.05, 3.63) is 102 Å². The summed E-state index contributed by atoms with van der Waals surface area (Å²) < 4.78 is 4.84. The quantitative estimate of drug-likeness (QED) is 0.123. The van der Waals surface area contributed by atoms with Crippen molar-refractivity contribution < 1.29 is 28.7 Å². The first kappa shape index (κ1) is 43.4. The van der Waals surface area contributed by atoms with E-state index in [9.17, 15) is 24.0 Å². The molecule has 0 spiro atoms. The Bertz CT molecular complexity index is 2330. The molecule has 4 aliphatic rings. The number of alkyl carbamates (subject to hydrolysis) is 1. The van der Waals surface area contributed by atoms with Crippen LogP contribution in [0.1, 0.15) is 125 Å². The van der Waals surface area contributed by atoms with Crippen molar-refractivity contribution in [2.24, 2.45) is 5.92 Å². The topological polar surface area (TPSA) is 186 Å². The summed E-state index contributed by atoms with van der Waals surface area (Å²) in [6.07, 6.45) is 12.0. The summed E-state index contributed by atoms with van der Waals surface area (Å²) in [4.78, 5) is 86.9. The number of ketones is 1. The van der Waals surface area contributed by atoms with E-state index in [1.165, 1.54) is 18.2 Å². The number of methoxy groups -OCH3 is 1. The molecular formula is C48H59N9O6. The highest BCUT2D eigenvalue weighted by atomic mass is 16.5. The maximum atomic E-state index is 14.0. The molecule has 4 N–H and O–H groups in total. The lowest BCUT2D eigenvalue weighted by atomic mass is 9.71. The van der Waals surface area contributed by atoms with E-state index in [1.807, 2.05) is 61.5 Å². The van der Waals surface area contributed by atoms with E-state index in [-0.39, 0.29) is 47.0 Å². The van der Waals surface area contributed by atoms with Crippen molar-refractivity contribution in [3.63, 3.8) is 0 Å². The van der Waals surface area contributed by atoms with Crippen molar-refractivity contribution in [3.8, 4) is 11.3 Å². The molecule has 0 bridgehead atoms. The molecule has 3 aliphatic heterocycles. The molecule has 4 aromatic rings. The minimum Gasteiger partial charge on any atom is -0.453 e. The lowest BCUT2D eigenvalue weighted by molar-refractivity contribution is -0.135. The lowest BCUT2D eigenvalue weighted by Gasteiger charge is -2.33. The number of aromatic nitrogens is 4. The molecule has 8 rings (SSSR count). The Morgan fingerprint density at radius 2 is 1.41 bits per heavy atom. The normalized spacial score (nSPS) is 22.5. The SMILES string of the molecule is COC(=O)N[C@@H](C(=O)N1CCC[C@H]1c1ncc(-c2ccc(C3(C)CC=C(c4cnc([C@@H]5CCCN5C(=O)[C@@H](NC(=O)N5CCC(=O)CC5)C(C)C)[nH]4)CC3)cc2)[nH]1)c1ccccc1. The third kappa shape index (κ3) is 9.28. The minimum absolute atomic E-state index is 0.0586. The fraction of sp³-hybridized carbons (Fsp3) is 0.479. The number of H-pyrrole nitrogens is 2. The number of urea groups is 1. The van der Waals surface area contributed by atoms with Gasteiger partial charge in [-0.15, -0.1) is 0 Å². The van der Waals surface area contributed by atoms with Gasteiger partial charge in [0, 0.05) is 39.0 Å². The van der Waals surface area contributed by atoms with Crippen LogP contribution in [0.25, 0.3) is 16.8 Å². The van der Waals surface area contributed by atoms with Crippen LogP contribution in [0.4, 0.5) is 9.59 Å². The van der Waals surface area contributed by atoms with E-state index in [0.717, 1.165) is 67.7 Å². The average Bonchev–Trinajstić information content (AvgIpc) is 4.15. The van der Waals surface area contributed by atoms with Gasteiger partial charge in [-0.2, -0.15) is 0 Å². The Hall–Kier alpha value is -6.25. The van der Waals surface area contributed by atoms with Crippen molar-refractivity contribution in [2.45, 2.75) is 108 Å². The molecule has 2 aromatic heterocycles. The Balaban J connectivity index is 0.896. The number of likely N-dealkylation sites (tertiary alicyclic amines) is 3. The van der Waals surface area contributed by atoms with Gasteiger partial charge in [0.15, 0.2) is 0 Å². The van der Waals surface area contributed by atoms with E-state index in [1.54, 1.807) is 9.80 Å². The molecule has 1 aliphatic carbocycles. The number of carbonyl (C=O) groups excluding carboxylic acids is 5. The number of hydrogen-bond donors (Lipinski definition) is 4. The van der Waals surface area contributed by atoms with Crippen LogP contribution >= 0.6 is 0 Å². The number of nitrogens with one attached hydrogen (secondary N) is 4. The van der Waals surface area contributed by atoms with Crippen LogP contribution in [0.15, 0.2) is 73.1 Å². The summed E-state index contributed by atoms with van der Waals surface area (Å²) in [5.74, 6) is 1.23. The van der Waals surface area contributed by atoms with Gasteiger partial charge in [0.2, 0.25) is 5.91 Å². The van der Waals surface area contributed by atoms with Crippen LogP contribution in [0, 0.1) is 5.92 Å². The van der Waals surface area contributed by atoms with Crippen LogP contribution in [-0.2, 0) is 24.5 Å². The third-order valence-corrected chi connectivity index (χ3v) is 13.5. The molecule has 15 heteroatoms. The number of hydrogen-bond acceptors (Lipinski definition) is 8. The van der Waals surface area contributed by atoms with Crippen molar-refractivity contribution in [2.75, 3.05) is 33.3 Å². The largest absolute Gasteiger partial charge is 0.453 e. The smallest absolute Gasteiger partial charge is 0.407 e. The molecule has 0 radical (unpaired) electrons. The van der Waals surface area contributed by atoms with Gasteiger partial charge in [0.25, 0.3) is 5.91 Å². The number of amides is 5. The summed E-state index contributed by atoms with van der Waals surface area (Å²) >= 11 is 0. The maximum absolute atomic E-state index is 14.0. The van der Waals surface area contributed by atoms with Gasteiger partial charge in [0.05, 0.1) is 43.0 Å². The number of rotatable bonds is 11. The second-order valence-corrected chi connectivity index (χ2v) is 18.0. The fourth-order valence-corrected chi connectivity index (χ4v) is 9.62. The molecule has 5 amide bonds. The number of benzene rings is 2. The van der Waals surface area contributed by atoms with Gasteiger partial charge in [-0.25, -0.2) is 19.6 Å². The number of nitrogens with zero attached hydrogens (tertiary/aromatic N) is 5. The van der Waals surface area contributed by atoms with Gasteiger partial charge in [-0.05, 0) is 78.5 Å². The third-order valence-electron chi connectivity index (χ3n) is 13.5. The number of imidazole rings is 2. The van der Waals surface area contributed by atoms with Gasteiger partial charge in [-0.1, -0.05) is 81.4 Å². The molecular weight excluding hydrogens is 799 g/mol. The number of Topliss-reactive ketones (excluding diaryl/α,β-unsaturated/α-hetero) is 1. The van der Waals surface area contributed by atoms with E-state index < -0.39 is 18.2 Å². The number of aromatic amines is 2. The monoisotopic (exact) mass is 857 g/mol. The number of ether oxygens (including phenoxy) is 1. The van der Waals surface area contributed by atoms with Crippen LogP contribution in [-0.4, -0.2) is 104 Å². The van der Waals surface area contributed by atoms with Gasteiger partial charge >= 0.3 is 12.1 Å².